The van der Waals surface area contributed by atoms with Crippen molar-refractivity contribution in [3.63, 3.8) is 0 Å². The standard InChI is InChI=1S/C24H26FN5O2/c1-15-12-30(16(2)17-5-7-18(25)8-6-17)19(14-31)13-29(15)21-11-23(32)28(4)20-9-10-22(26-3)27-24(20)21/h5-11,15-16,19,31H,12-14H2,1-2,4H3/t15-,16?,19-/m1/s1. The topological polar surface area (TPSA) is 66.0 Å². The van der Waals surface area contributed by atoms with E-state index in [1.165, 1.54) is 16.7 Å². The first-order valence-corrected chi connectivity index (χ1v) is 10.6. The number of hydrogen-bond acceptors (Lipinski definition) is 5. The number of aromatic nitrogens is 2. The van der Waals surface area contributed by atoms with Crippen LogP contribution in [-0.2, 0) is 7.05 Å². The molecule has 8 heteroatoms. The van der Waals surface area contributed by atoms with Gasteiger partial charge < -0.3 is 19.4 Å². The number of rotatable bonds is 4. The number of anilines is 1. The van der Waals surface area contributed by atoms with Gasteiger partial charge in [-0.25, -0.2) is 4.39 Å². The van der Waals surface area contributed by atoms with E-state index >= 15 is 0 Å². The zero-order valence-electron chi connectivity index (χ0n) is 18.4. The predicted octanol–water partition coefficient (Wildman–Crippen LogP) is 3.26. The van der Waals surface area contributed by atoms with E-state index in [-0.39, 0.29) is 41.9 Å². The Morgan fingerprint density at radius 2 is 1.97 bits per heavy atom. The molecule has 1 aliphatic heterocycles. The molecular formula is C24H26FN5O2. The highest BCUT2D eigenvalue weighted by Gasteiger charge is 2.36. The van der Waals surface area contributed by atoms with Crippen molar-refractivity contribution in [1.82, 2.24) is 14.5 Å². The summed E-state index contributed by atoms with van der Waals surface area (Å²) in [4.78, 5) is 24.9. The van der Waals surface area contributed by atoms with Crippen LogP contribution in [0.3, 0.4) is 0 Å². The summed E-state index contributed by atoms with van der Waals surface area (Å²) in [6, 6.07) is 11.2. The second kappa shape index (κ2) is 8.69. The van der Waals surface area contributed by atoms with Crippen LogP contribution in [0.25, 0.3) is 15.9 Å². The molecule has 0 spiro atoms. The lowest BCUT2D eigenvalue weighted by Gasteiger charge is -2.48. The Hall–Kier alpha value is -3.28. The van der Waals surface area contributed by atoms with Crippen molar-refractivity contribution in [1.29, 1.82) is 0 Å². The average Bonchev–Trinajstić information content (AvgIpc) is 2.81. The Morgan fingerprint density at radius 3 is 2.62 bits per heavy atom. The molecule has 166 valence electrons. The van der Waals surface area contributed by atoms with Crippen LogP contribution in [0.1, 0.15) is 25.5 Å². The average molecular weight is 436 g/mol. The van der Waals surface area contributed by atoms with Crippen molar-refractivity contribution in [3.8, 4) is 0 Å². The van der Waals surface area contributed by atoms with E-state index in [0.29, 0.717) is 29.8 Å². The highest BCUT2D eigenvalue weighted by Crippen LogP contribution is 2.33. The number of halogens is 1. The molecule has 3 heterocycles. The normalized spacial score (nSPS) is 20.3. The molecule has 0 saturated carbocycles. The van der Waals surface area contributed by atoms with E-state index in [0.717, 1.165) is 5.56 Å². The number of fused-ring (bicyclic) bond motifs is 1. The summed E-state index contributed by atoms with van der Waals surface area (Å²) in [5.74, 6) is -0.00556. The lowest BCUT2D eigenvalue weighted by atomic mass is 9.99. The van der Waals surface area contributed by atoms with Gasteiger partial charge >= 0.3 is 0 Å². The number of benzene rings is 1. The summed E-state index contributed by atoms with van der Waals surface area (Å²) in [7, 11) is 1.69. The summed E-state index contributed by atoms with van der Waals surface area (Å²) in [5, 5.41) is 10.2. The minimum absolute atomic E-state index is 0.00965. The van der Waals surface area contributed by atoms with Crippen LogP contribution in [-0.4, -0.2) is 51.3 Å². The van der Waals surface area contributed by atoms with Crippen LogP contribution in [0, 0.1) is 12.4 Å². The maximum atomic E-state index is 13.4. The van der Waals surface area contributed by atoms with Gasteiger partial charge in [0.25, 0.3) is 11.4 Å². The molecule has 1 aliphatic rings. The number of aliphatic hydroxyl groups excluding tert-OH is 1. The fraction of sp³-hybridized carbons (Fsp3) is 0.375. The molecule has 0 bridgehead atoms. The molecule has 3 aromatic rings. The highest BCUT2D eigenvalue weighted by atomic mass is 19.1. The van der Waals surface area contributed by atoms with Crippen LogP contribution in [0.15, 0.2) is 47.3 Å². The molecule has 0 aliphatic carbocycles. The van der Waals surface area contributed by atoms with Gasteiger partial charge in [0.2, 0.25) is 5.52 Å². The quantitative estimate of drug-likeness (QED) is 0.638. The molecule has 2 aromatic heterocycles. The SMILES string of the molecule is [C-]#[N+]c1ccc2c(n1)c(N1C[C@H](CO)N(C(C)c3ccc(F)cc3)C[C@H]1C)cc(=O)n2C. The fourth-order valence-electron chi connectivity index (χ4n) is 4.55. The van der Waals surface area contributed by atoms with Crippen LogP contribution < -0.4 is 10.5 Å². The molecule has 1 N–H and O–H groups in total. The van der Waals surface area contributed by atoms with E-state index in [1.54, 1.807) is 37.4 Å². The summed E-state index contributed by atoms with van der Waals surface area (Å²) < 4.78 is 14.9. The van der Waals surface area contributed by atoms with Gasteiger partial charge in [0.15, 0.2) is 0 Å². The molecule has 1 aromatic carbocycles. The van der Waals surface area contributed by atoms with Gasteiger partial charge in [-0.2, -0.15) is 0 Å². The van der Waals surface area contributed by atoms with Crippen molar-refractivity contribution < 1.29 is 9.50 Å². The Kier molecular flexibility index (Phi) is 5.96. The minimum Gasteiger partial charge on any atom is -0.395 e. The van der Waals surface area contributed by atoms with Gasteiger partial charge in [-0.1, -0.05) is 18.7 Å². The van der Waals surface area contributed by atoms with Gasteiger partial charge in [0.05, 0.1) is 23.9 Å². The summed E-state index contributed by atoms with van der Waals surface area (Å²) in [5.41, 5.74) is 2.76. The van der Waals surface area contributed by atoms with Gasteiger partial charge in [-0.05, 0) is 43.7 Å². The number of hydrogen-bond donors (Lipinski definition) is 1. The molecule has 1 fully saturated rings. The summed E-state index contributed by atoms with van der Waals surface area (Å²) >= 11 is 0. The molecular weight excluding hydrogens is 409 g/mol. The highest BCUT2D eigenvalue weighted by molar-refractivity contribution is 5.89. The third kappa shape index (κ3) is 3.85. The number of aryl methyl sites for hydroxylation is 1. The first-order chi connectivity index (χ1) is 15.3. The van der Waals surface area contributed by atoms with Crippen molar-refractivity contribution in [2.45, 2.75) is 32.0 Å². The lowest BCUT2D eigenvalue weighted by Crippen LogP contribution is -2.59. The molecule has 1 unspecified atom stereocenters. The molecule has 7 nitrogen and oxygen atoms in total. The summed E-state index contributed by atoms with van der Waals surface area (Å²) in [6.45, 7) is 12.5. The zero-order chi connectivity index (χ0) is 23.0. The smallest absolute Gasteiger partial charge is 0.270 e. The van der Waals surface area contributed by atoms with Gasteiger partial charge in [-0.15, -0.1) is 4.98 Å². The fourth-order valence-corrected chi connectivity index (χ4v) is 4.55. The van der Waals surface area contributed by atoms with E-state index in [2.05, 4.69) is 33.5 Å². The number of aliphatic hydroxyl groups is 1. The van der Waals surface area contributed by atoms with Crippen LogP contribution in [0.2, 0.25) is 0 Å². The maximum absolute atomic E-state index is 13.4. The van der Waals surface area contributed by atoms with E-state index in [1.807, 2.05) is 0 Å². The van der Waals surface area contributed by atoms with Crippen molar-refractivity contribution in [2.75, 3.05) is 24.6 Å². The Labute approximate surface area is 186 Å². The van der Waals surface area contributed by atoms with Gasteiger partial charge in [0, 0.05) is 38.3 Å². The van der Waals surface area contributed by atoms with E-state index < -0.39 is 0 Å². The van der Waals surface area contributed by atoms with Gasteiger partial charge in [-0.3, -0.25) is 9.69 Å². The first kappa shape index (κ1) is 21.9. The number of nitrogens with zero attached hydrogens (tertiary/aromatic N) is 5. The van der Waals surface area contributed by atoms with Crippen LogP contribution in [0.5, 0.6) is 0 Å². The lowest BCUT2D eigenvalue weighted by molar-refractivity contribution is 0.0655. The van der Waals surface area contributed by atoms with Gasteiger partial charge in [0.1, 0.15) is 5.82 Å². The molecule has 0 amide bonds. The number of pyridine rings is 2. The molecule has 3 atom stereocenters. The number of piperazine rings is 1. The van der Waals surface area contributed by atoms with Crippen molar-refractivity contribution >= 4 is 22.5 Å². The molecule has 32 heavy (non-hydrogen) atoms. The van der Waals surface area contributed by atoms with Crippen molar-refractivity contribution in [3.05, 3.63) is 75.6 Å². The monoisotopic (exact) mass is 435 g/mol. The predicted molar refractivity (Wildman–Crippen MR) is 122 cm³/mol. The van der Waals surface area contributed by atoms with Crippen molar-refractivity contribution in [2.24, 2.45) is 7.05 Å². The summed E-state index contributed by atoms with van der Waals surface area (Å²) in [6.07, 6.45) is 0. The largest absolute Gasteiger partial charge is 0.395 e. The third-order valence-corrected chi connectivity index (χ3v) is 6.42. The molecule has 1 saturated heterocycles. The Bertz CT molecular complexity index is 1230. The second-order valence-electron chi connectivity index (χ2n) is 8.34. The molecule has 0 radical (unpaired) electrons. The first-order valence-electron chi connectivity index (χ1n) is 10.6. The Balaban J connectivity index is 1.72. The second-order valence-corrected chi connectivity index (χ2v) is 8.34. The van der Waals surface area contributed by atoms with Crippen LogP contribution in [0.4, 0.5) is 15.9 Å². The maximum Gasteiger partial charge on any atom is 0.270 e. The zero-order valence-corrected chi connectivity index (χ0v) is 18.4. The molecule has 4 rings (SSSR count). The third-order valence-electron chi connectivity index (χ3n) is 6.42. The Morgan fingerprint density at radius 1 is 1.25 bits per heavy atom. The minimum atomic E-state index is -0.276. The van der Waals surface area contributed by atoms with E-state index in [4.69, 9.17) is 6.57 Å². The van der Waals surface area contributed by atoms with E-state index in [9.17, 15) is 14.3 Å². The van der Waals surface area contributed by atoms with Crippen LogP contribution >= 0.6 is 0 Å².